The van der Waals surface area contributed by atoms with Crippen molar-refractivity contribution in [2.24, 2.45) is 0 Å². The van der Waals surface area contributed by atoms with Gasteiger partial charge < -0.3 is 14.5 Å². The van der Waals surface area contributed by atoms with Crippen LogP contribution in [0.1, 0.15) is 12.0 Å². The highest BCUT2D eigenvalue weighted by Crippen LogP contribution is 2.31. The molecule has 0 atom stereocenters. The molecule has 0 unspecified atom stereocenters. The van der Waals surface area contributed by atoms with Crippen LogP contribution in [0.3, 0.4) is 0 Å². The lowest BCUT2D eigenvalue weighted by atomic mass is 9.98. The van der Waals surface area contributed by atoms with Crippen LogP contribution in [0.5, 0.6) is 0 Å². The Balaban J connectivity index is 1.22. The summed E-state index contributed by atoms with van der Waals surface area (Å²) in [6.07, 6.45) is 1.05. The fourth-order valence-corrected chi connectivity index (χ4v) is 5.71. The summed E-state index contributed by atoms with van der Waals surface area (Å²) in [6, 6.07) is 31.8. The second kappa shape index (κ2) is 13.2. The van der Waals surface area contributed by atoms with Crippen LogP contribution in [0.15, 0.2) is 91.0 Å². The molecule has 8 nitrogen and oxygen atoms in total. The lowest BCUT2D eigenvalue weighted by Gasteiger charge is -2.33. The fourth-order valence-electron chi connectivity index (χ4n) is 5.45. The highest BCUT2D eigenvalue weighted by atomic mass is 32.1. The van der Waals surface area contributed by atoms with Gasteiger partial charge in [-0.25, -0.2) is 0 Å². The number of hydrogen-bond acceptors (Lipinski definition) is 6. The molecule has 5 aromatic rings. The fraction of sp³-hybridized carbons (Fsp3) is 0.273. The van der Waals surface area contributed by atoms with Gasteiger partial charge in [-0.1, -0.05) is 78.9 Å². The standard InChI is InChI=1S/C33H35N7OS/c1-38(17-6-18-39-19-21-41-22-20-39)33(42)40(29-16-15-26-7-2-3-8-28(26)23-29)24-25-11-13-27(14-12-25)30-9-4-5-10-31(30)32-34-36-37-35-32/h2-5,7-16,23H,6,17-22,24H2,1H3,(H,34,35,36,37). The number of rotatable bonds is 9. The summed E-state index contributed by atoms with van der Waals surface area (Å²) in [5.74, 6) is 0.583. The Kier molecular flexibility index (Phi) is 8.79. The summed E-state index contributed by atoms with van der Waals surface area (Å²) >= 11 is 6.13. The first kappa shape index (κ1) is 28.0. The Labute approximate surface area is 251 Å². The van der Waals surface area contributed by atoms with E-state index in [1.165, 1.54) is 16.3 Å². The summed E-state index contributed by atoms with van der Waals surface area (Å²) in [4.78, 5) is 6.93. The predicted molar refractivity (Wildman–Crippen MR) is 172 cm³/mol. The van der Waals surface area contributed by atoms with Gasteiger partial charge in [0.2, 0.25) is 5.82 Å². The van der Waals surface area contributed by atoms with Crippen molar-refractivity contribution in [2.75, 3.05) is 51.3 Å². The zero-order valence-corrected chi connectivity index (χ0v) is 24.6. The number of benzene rings is 4. The molecule has 214 valence electrons. The highest BCUT2D eigenvalue weighted by molar-refractivity contribution is 7.80. The lowest BCUT2D eigenvalue weighted by molar-refractivity contribution is 0.0369. The topological polar surface area (TPSA) is 73.4 Å². The quantitative estimate of drug-likeness (QED) is 0.226. The van der Waals surface area contributed by atoms with Gasteiger partial charge in [0.15, 0.2) is 5.11 Å². The smallest absolute Gasteiger partial charge is 0.205 e. The van der Waals surface area contributed by atoms with E-state index in [2.05, 4.69) is 115 Å². The second-order valence-electron chi connectivity index (χ2n) is 10.6. The number of fused-ring (bicyclic) bond motifs is 1. The summed E-state index contributed by atoms with van der Waals surface area (Å²) in [5.41, 5.74) is 5.36. The number of hydrogen-bond donors (Lipinski definition) is 1. The summed E-state index contributed by atoms with van der Waals surface area (Å²) < 4.78 is 5.50. The second-order valence-corrected chi connectivity index (χ2v) is 11.0. The molecular weight excluding hydrogens is 542 g/mol. The van der Waals surface area contributed by atoms with E-state index in [0.717, 1.165) is 73.3 Å². The van der Waals surface area contributed by atoms with Crippen molar-refractivity contribution in [3.8, 4) is 22.5 Å². The first-order chi connectivity index (χ1) is 20.7. The van der Waals surface area contributed by atoms with Crippen molar-refractivity contribution < 1.29 is 4.74 Å². The van der Waals surface area contributed by atoms with Gasteiger partial charge in [-0.05, 0) is 63.4 Å². The van der Waals surface area contributed by atoms with E-state index >= 15 is 0 Å². The van der Waals surface area contributed by atoms with Gasteiger partial charge in [0.25, 0.3) is 0 Å². The van der Waals surface area contributed by atoms with Crippen LogP contribution < -0.4 is 4.90 Å². The number of aromatic amines is 1. The SMILES string of the molecule is CN(CCCN1CCOCC1)C(=S)N(Cc1ccc(-c2ccccc2-c2nn[nH]n2)cc1)c1ccc2ccccc2c1. The molecule has 1 aliphatic rings. The maximum atomic E-state index is 6.13. The number of H-pyrrole nitrogens is 1. The number of nitrogens with one attached hydrogen (secondary N) is 1. The number of morpholine rings is 1. The number of tetrazole rings is 1. The maximum Gasteiger partial charge on any atom is 0.205 e. The van der Waals surface area contributed by atoms with Crippen LogP contribution >= 0.6 is 12.2 Å². The number of nitrogens with zero attached hydrogens (tertiary/aromatic N) is 6. The monoisotopic (exact) mass is 577 g/mol. The van der Waals surface area contributed by atoms with Gasteiger partial charge in [0.05, 0.1) is 19.8 Å². The zero-order valence-electron chi connectivity index (χ0n) is 23.8. The van der Waals surface area contributed by atoms with Crippen LogP contribution in [-0.2, 0) is 11.3 Å². The van der Waals surface area contributed by atoms with Crippen LogP contribution in [-0.4, -0.2) is 82.0 Å². The molecule has 0 spiro atoms. The Hall–Kier alpha value is -4.18. The maximum absolute atomic E-state index is 6.13. The molecule has 1 saturated heterocycles. The molecule has 4 aromatic carbocycles. The van der Waals surface area contributed by atoms with Crippen LogP contribution in [0.25, 0.3) is 33.3 Å². The average molecular weight is 578 g/mol. The minimum atomic E-state index is 0.583. The first-order valence-corrected chi connectivity index (χ1v) is 14.8. The Morgan fingerprint density at radius 1 is 0.905 bits per heavy atom. The molecule has 1 aromatic heterocycles. The van der Waals surface area contributed by atoms with E-state index < -0.39 is 0 Å². The van der Waals surface area contributed by atoms with Crippen molar-refractivity contribution in [1.29, 1.82) is 0 Å². The van der Waals surface area contributed by atoms with Crippen molar-refractivity contribution in [2.45, 2.75) is 13.0 Å². The molecule has 6 rings (SSSR count). The summed E-state index contributed by atoms with van der Waals surface area (Å²) in [6.45, 7) is 6.28. The zero-order chi connectivity index (χ0) is 28.7. The van der Waals surface area contributed by atoms with Crippen LogP contribution in [0.4, 0.5) is 5.69 Å². The number of anilines is 1. The molecule has 1 fully saturated rings. The molecule has 0 aliphatic carbocycles. The Morgan fingerprint density at radius 2 is 1.64 bits per heavy atom. The molecule has 1 N–H and O–H groups in total. The van der Waals surface area contributed by atoms with E-state index in [0.29, 0.717) is 12.4 Å². The van der Waals surface area contributed by atoms with Crippen LogP contribution in [0, 0.1) is 0 Å². The molecular formula is C33H35N7OS. The molecule has 1 aliphatic heterocycles. The van der Waals surface area contributed by atoms with E-state index in [-0.39, 0.29) is 0 Å². The third-order valence-corrected chi connectivity index (χ3v) is 8.32. The minimum Gasteiger partial charge on any atom is -0.379 e. The van der Waals surface area contributed by atoms with Gasteiger partial charge in [0, 0.05) is 44.5 Å². The molecule has 0 amide bonds. The Morgan fingerprint density at radius 3 is 2.40 bits per heavy atom. The first-order valence-electron chi connectivity index (χ1n) is 14.4. The van der Waals surface area contributed by atoms with Crippen molar-refractivity contribution in [1.82, 2.24) is 30.4 Å². The molecule has 0 bridgehead atoms. The third-order valence-electron chi connectivity index (χ3n) is 7.79. The number of thiocarbonyl (C=S) groups is 1. The predicted octanol–water partition coefficient (Wildman–Crippen LogP) is 5.63. The Bertz CT molecular complexity index is 1620. The lowest BCUT2D eigenvalue weighted by Crippen LogP contribution is -2.42. The number of aromatic nitrogens is 4. The largest absolute Gasteiger partial charge is 0.379 e. The van der Waals surface area contributed by atoms with Crippen molar-refractivity contribution in [3.05, 3.63) is 96.6 Å². The molecule has 2 heterocycles. The normalized spacial score (nSPS) is 13.7. The van der Waals surface area contributed by atoms with E-state index in [9.17, 15) is 0 Å². The minimum absolute atomic E-state index is 0.583. The van der Waals surface area contributed by atoms with Gasteiger partial charge in [-0.2, -0.15) is 5.21 Å². The van der Waals surface area contributed by atoms with Crippen molar-refractivity contribution >= 4 is 33.8 Å². The molecule has 0 saturated carbocycles. The van der Waals surface area contributed by atoms with Gasteiger partial charge >= 0.3 is 0 Å². The number of ether oxygens (including phenoxy) is 1. The average Bonchev–Trinajstić information content (AvgIpc) is 3.59. The highest BCUT2D eigenvalue weighted by Gasteiger charge is 2.19. The van der Waals surface area contributed by atoms with E-state index in [1.54, 1.807) is 0 Å². The van der Waals surface area contributed by atoms with Gasteiger partial charge in [0.1, 0.15) is 0 Å². The van der Waals surface area contributed by atoms with E-state index in [4.69, 9.17) is 17.0 Å². The third kappa shape index (κ3) is 6.49. The van der Waals surface area contributed by atoms with Gasteiger partial charge in [-0.15, -0.1) is 10.2 Å². The molecule has 9 heteroatoms. The van der Waals surface area contributed by atoms with Crippen LogP contribution in [0.2, 0.25) is 0 Å². The van der Waals surface area contributed by atoms with Crippen molar-refractivity contribution in [3.63, 3.8) is 0 Å². The molecule has 0 radical (unpaired) electrons. The van der Waals surface area contributed by atoms with E-state index in [1.807, 2.05) is 18.2 Å². The summed E-state index contributed by atoms with van der Waals surface area (Å²) in [5, 5.41) is 17.9. The summed E-state index contributed by atoms with van der Waals surface area (Å²) in [7, 11) is 2.10. The molecule has 42 heavy (non-hydrogen) atoms. The van der Waals surface area contributed by atoms with Gasteiger partial charge in [-0.3, -0.25) is 4.90 Å².